The van der Waals surface area contributed by atoms with Crippen LogP contribution in [0.2, 0.25) is 0 Å². The van der Waals surface area contributed by atoms with Crippen molar-refractivity contribution in [3.05, 3.63) is 6.92 Å². The molecule has 82 valence electrons. The van der Waals surface area contributed by atoms with E-state index in [1.807, 2.05) is 0 Å². The number of rotatable bonds is 5. The second kappa shape index (κ2) is 19.0. The van der Waals surface area contributed by atoms with E-state index in [0.717, 1.165) is 25.2 Å². The second-order valence-electron chi connectivity index (χ2n) is 3.47. The number of hydrogen-bond donors (Lipinski definition) is 1. The molecule has 0 saturated heterocycles. The summed E-state index contributed by atoms with van der Waals surface area (Å²) < 4.78 is 0. The number of unbranched alkanes of at least 4 members (excludes halogenated alkanes) is 2. The van der Waals surface area contributed by atoms with Crippen molar-refractivity contribution in [2.75, 3.05) is 6.61 Å². The number of hydrogen-bond acceptors (Lipinski definition) is 1. The van der Waals surface area contributed by atoms with Crippen molar-refractivity contribution in [2.45, 2.75) is 52.9 Å². The maximum Gasteiger partial charge on any atom is 0.0431 e. The predicted molar refractivity (Wildman–Crippen MR) is 56.0 cm³/mol. The minimum atomic E-state index is 0. The van der Waals surface area contributed by atoms with Gasteiger partial charge < -0.3 is 12.0 Å². The van der Waals surface area contributed by atoms with Crippen molar-refractivity contribution in [3.8, 4) is 0 Å². The molecule has 0 aliphatic heterocycles. The van der Waals surface area contributed by atoms with Crippen LogP contribution in [-0.4, -0.2) is 11.7 Å². The van der Waals surface area contributed by atoms with Crippen molar-refractivity contribution < 1.29 is 45.5 Å². The summed E-state index contributed by atoms with van der Waals surface area (Å²) >= 11 is 0. The zero-order valence-electron chi connectivity index (χ0n) is 9.38. The Balaban J connectivity index is -0.000000143. The monoisotopic (exact) mass is 325 g/mol. The molecule has 0 spiro atoms. The Morgan fingerprint density at radius 2 is 1.77 bits per heavy atom. The van der Waals surface area contributed by atoms with E-state index in [9.17, 15) is 0 Å². The maximum atomic E-state index is 8.20. The maximum absolute atomic E-state index is 8.20. The van der Waals surface area contributed by atoms with Gasteiger partial charge in [0, 0.05) is 47.0 Å². The van der Waals surface area contributed by atoms with Crippen molar-refractivity contribution in [2.24, 2.45) is 5.92 Å². The molecule has 1 nitrogen and oxygen atoms in total. The van der Waals surface area contributed by atoms with Crippen LogP contribution in [0.3, 0.4) is 0 Å². The first-order valence-corrected chi connectivity index (χ1v) is 5.09. The van der Waals surface area contributed by atoms with Gasteiger partial charge >= 0.3 is 0 Å². The fraction of sp³-hybridized carbons (Fsp3) is 0.909. The summed E-state index contributed by atoms with van der Waals surface area (Å²) in [7, 11) is 0. The van der Waals surface area contributed by atoms with Crippen LogP contribution in [0, 0.1) is 53.2 Å². The van der Waals surface area contributed by atoms with Gasteiger partial charge in [-0.25, -0.2) is 0 Å². The molecule has 0 amide bonds. The Labute approximate surface area is 117 Å². The van der Waals surface area contributed by atoms with Crippen LogP contribution in [0.15, 0.2) is 0 Å². The predicted octanol–water partition coefficient (Wildman–Crippen LogP) is 3.43. The van der Waals surface area contributed by atoms with Gasteiger partial charge in [0.2, 0.25) is 0 Å². The zero-order chi connectivity index (χ0) is 9.82. The Morgan fingerprint density at radius 3 is 1.85 bits per heavy atom. The van der Waals surface area contributed by atoms with Crippen molar-refractivity contribution in [1.82, 2.24) is 0 Å². The summed E-state index contributed by atoms with van der Waals surface area (Å²) in [4.78, 5) is 0. The molecule has 2 heteroatoms. The fourth-order valence-electron chi connectivity index (χ4n) is 0.770. The SMILES string of the molecule is CCCCCO.[CH2-]CCC(C)C.[Sm]. The average Bonchev–Trinajstić information content (AvgIpc) is 2.02. The van der Waals surface area contributed by atoms with Gasteiger partial charge in [0.05, 0.1) is 0 Å². The first-order valence-electron chi connectivity index (χ1n) is 5.09. The third kappa shape index (κ3) is 31.9. The Bertz CT molecular complexity index is 61.1. The van der Waals surface area contributed by atoms with Gasteiger partial charge in [-0.05, 0) is 12.3 Å². The summed E-state index contributed by atoms with van der Waals surface area (Å²) in [5, 5.41) is 8.20. The van der Waals surface area contributed by atoms with Crippen LogP contribution >= 0.6 is 0 Å². The van der Waals surface area contributed by atoms with Crippen LogP contribution in [0.5, 0.6) is 0 Å². The van der Waals surface area contributed by atoms with Crippen LogP contribution in [0.1, 0.15) is 52.9 Å². The second-order valence-corrected chi connectivity index (χ2v) is 3.47. The molecule has 0 aromatic rings. The third-order valence-electron chi connectivity index (χ3n) is 1.54. The summed E-state index contributed by atoms with van der Waals surface area (Å²) in [6, 6.07) is 0. The molecule has 0 fully saturated rings. The molecule has 0 atom stereocenters. The van der Waals surface area contributed by atoms with E-state index in [0.29, 0.717) is 6.61 Å². The first kappa shape index (κ1) is 19.8. The molecule has 0 saturated carbocycles. The van der Waals surface area contributed by atoms with Gasteiger partial charge in [0.1, 0.15) is 0 Å². The van der Waals surface area contributed by atoms with Gasteiger partial charge in [-0.3, -0.25) is 0 Å². The topological polar surface area (TPSA) is 20.2 Å². The van der Waals surface area contributed by atoms with E-state index >= 15 is 0 Å². The molecule has 0 aromatic heterocycles. The molecule has 0 bridgehead atoms. The third-order valence-corrected chi connectivity index (χ3v) is 1.54. The summed E-state index contributed by atoms with van der Waals surface area (Å²) in [5.74, 6) is 0.836. The number of aliphatic hydroxyl groups is 1. The van der Waals surface area contributed by atoms with Gasteiger partial charge in [0.15, 0.2) is 0 Å². The molecule has 0 aliphatic rings. The molecule has 0 rings (SSSR count). The quantitative estimate of drug-likeness (QED) is 0.607. The molecule has 0 unspecified atom stereocenters. The van der Waals surface area contributed by atoms with E-state index < -0.39 is 0 Å². The van der Waals surface area contributed by atoms with Crippen LogP contribution in [-0.2, 0) is 0 Å². The Hall–Kier alpha value is 1.30. The van der Waals surface area contributed by atoms with Gasteiger partial charge in [-0.15, -0.1) is 0 Å². The summed E-state index contributed by atoms with van der Waals surface area (Å²) in [6.07, 6.45) is 5.67. The van der Waals surface area contributed by atoms with Crippen molar-refractivity contribution in [3.63, 3.8) is 0 Å². The first-order chi connectivity index (χ1) is 5.68. The summed E-state index contributed by atoms with van der Waals surface area (Å²) in [6.45, 7) is 10.6. The van der Waals surface area contributed by atoms with Gasteiger partial charge in [-0.2, -0.15) is 6.42 Å². The minimum Gasteiger partial charge on any atom is -0.396 e. The van der Waals surface area contributed by atoms with E-state index in [2.05, 4.69) is 27.7 Å². The van der Waals surface area contributed by atoms with Crippen LogP contribution in [0.4, 0.5) is 0 Å². The van der Waals surface area contributed by atoms with E-state index in [1.54, 1.807) is 0 Å². The van der Waals surface area contributed by atoms with Crippen LogP contribution < -0.4 is 0 Å². The Morgan fingerprint density at radius 1 is 1.23 bits per heavy atom. The molecule has 0 radical (unpaired) electrons. The van der Waals surface area contributed by atoms with Crippen molar-refractivity contribution >= 4 is 0 Å². The smallest absolute Gasteiger partial charge is 0.0431 e. The van der Waals surface area contributed by atoms with E-state index in [-0.39, 0.29) is 40.4 Å². The molecule has 13 heavy (non-hydrogen) atoms. The number of aliphatic hydroxyl groups excluding tert-OH is 1. The molecule has 1 N–H and O–H groups in total. The van der Waals surface area contributed by atoms with Gasteiger partial charge in [-0.1, -0.05) is 40.0 Å². The van der Waals surface area contributed by atoms with E-state index in [1.165, 1.54) is 12.8 Å². The molecule has 0 heterocycles. The van der Waals surface area contributed by atoms with Crippen LogP contribution in [0.25, 0.3) is 0 Å². The average molecular weight is 324 g/mol. The standard InChI is InChI=1S/C6H13.C5H12O.Sm/c1-4-5-6(2)3;1-2-3-4-5-6;/h6H,1,4-5H2,2-3H3;6H,2-5H2,1H3;/q-1;;. The fourth-order valence-corrected chi connectivity index (χ4v) is 0.770. The molecule has 0 aliphatic carbocycles. The van der Waals surface area contributed by atoms with Gasteiger partial charge in [0.25, 0.3) is 0 Å². The molecular formula is C11H25OSm-. The van der Waals surface area contributed by atoms with Crippen molar-refractivity contribution in [1.29, 1.82) is 0 Å². The largest absolute Gasteiger partial charge is 0.396 e. The van der Waals surface area contributed by atoms with E-state index in [4.69, 9.17) is 5.11 Å². The minimum absolute atomic E-state index is 0. The zero-order valence-corrected chi connectivity index (χ0v) is 12.0. The Kier molecular flexibility index (Phi) is 28.9. The molecule has 0 aromatic carbocycles. The summed E-state index contributed by atoms with van der Waals surface area (Å²) in [5.41, 5.74) is 0. The molecular weight excluding hydrogens is 298 g/mol. The normalized spacial score (nSPS) is 8.77.